The van der Waals surface area contributed by atoms with Gasteiger partial charge in [0.25, 0.3) is 5.91 Å². The van der Waals surface area contributed by atoms with Crippen LogP contribution >= 0.6 is 34.5 Å². The first-order chi connectivity index (χ1) is 9.08. The summed E-state index contributed by atoms with van der Waals surface area (Å²) >= 11 is 13.2. The van der Waals surface area contributed by atoms with Gasteiger partial charge in [-0.15, -0.1) is 11.3 Å². The number of carbonyl (C=O) groups is 1. The summed E-state index contributed by atoms with van der Waals surface area (Å²) < 4.78 is 0.750. The molecule has 2 aromatic rings. The fraction of sp³-hybridized carbons (Fsp3) is 0.154. The third-order valence-corrected chi connectivity index (χ3v) is 4.20. The zero-order valence-corrected chi connectivity index (χ0v) is 12.3. The summed E-state index contributed by atoms with van der Waals surface area (Å²) in [5.74, 6) is -0.220. The Balaban J connectivity index is 1.93. The van der Waals surface area contributed by atoms with E-state index in [0.29, 0.717) is 22.8 Å². The lowest BCUT2D eigenvalue weighted by molar-refractivity contribution is 0.0955. The van der Waals surface area contributed by atoms with Gasteiger partial charge in [0.1, 0.15) is 0 Å². The zero-order chi connectivity index (χ0) is 13.8. The predicted octanol–water partition coefficient (Wildman–Crippen LogP) is 3.61. The molecule has 19 heavy (non-hydrogen) atoms. The van der Waals surface area contributed by atoms with Crippen LogP contribution in [0.4, 0.5) is 5.69 Å². The Kier molecular flexibility index (Phi) is 4.69. The number of hydrogen-bond acceptors (Lipinski definition) is 3. The molecule has 6 heteroatoms. The number of hydrogen-bond donors (Lipinski definition) is 2. The first-order valence-electron chi connectivity index (χ1n) is 5.64. The van der Waals surface area contributed by atoms with E-state index in [2.05, 4.69) is 5.32 Å². The zero-order valence-electron chi connectivity index (χ0n) is 9.95. The Morgan fingerprint density at radius 1 is 1.26 bits per heavy atom. The van der Waals surface area contributed by atoms with Crippen molar-refractivity contribution in [1.29, 1.82) is 0 Å². The molecule has 0 fully saturated rings. The van der Waals surface area contributed by atoms with Crippen molar-refractivity contribution in [2.75, 3.05) is 12.3 Å². The standard InChI is InChI=1S/C13H12Cl2N2OS/c14-10-3-1-2-9(12(10)16)13(18)17-7-6-8-4-5-11(15)19-8/h1-5H,6-7,16H2,(H,17,18). The number of rotatable bonds is 4. The van der Waals surface area contributed by atoms with Gasteiger partial charge in [0.15, 0.2) is 0 Å². The van der Waals surface area contributed by atoms with Crippen LogP contribution in [0.15, 0.2) is 30.3 Å². The summed E-state index contributed by atoms with van der Waals surface area (Å²) in [4.78, 5) is 13.1. The van der Waals surface area contributed by atoms with Crippen LogP contribution < -0.4 is 11.1 Å². The van der Waals surface area contributed by atoms with Crippen molar-refractivity contribution in [3.8, 4) is 0 Å². The predicted molar refractivity (Wildman–Crippen MR) is 81.2 cm³/mol. The minimum atomic E-state index is -0.220. The van der Waals surface area contributed by atoms with Crippen molar-refractivity contribution in [2.45, 2.75) is 6.42 Å². The summed E-state index contributed by atoms with van der Waals surface area (Å²) in [5, 5.41) is 3.20. The second-order valence-corrected chi connectivity index (χ2v) is 6.12. The van der Waals surface area contributed by atoms with E-state index in [4.69, 9.17) is 28.9 Å². The number of amides is 1. The largest absolute Gasteiger partial charge is 0.397 e. The number of thiophene rings is 1. The number of para-hydroxylation sites is 1. The molecule has 0 unspecified atom stereocenters. The van der Waals surface area contributed by atoms with E-state index in [0.717, 1.165) is 15.6 Å². The Bertz CT molecular complexity index is 598. The second kappa shape index (κ2) is 6.28. The first kappa shape index (κ1) is 14.2. The van der Waals surface area contributed by atoms with Gasteiger partial charge < -0.3 is 11.1 Å². The topological polar surface area (TPSA) is 55.1 Å². The number of nitrogens with two attached hydrogens (primary N) is 1. The van der Waals surface area contributed by atoms with Gasteiger partial charge in [-0.3, -0.25) is 4.79 Å². The van der Waals surface area contributed by atoms with Crippen LogP contribution in [0.25, 0.3) is 0 Å². The molecule has 0 bridgehead atoms. The SMILES string of the molecule is Nc1c(Cl)cccc1C(=O)NCCc1ccc(Cl)s1. The number of carbonyl (C=O) groups excluding carboxylic acids is 1. The minimum absolute atomic E-state index is 0.220. The van der Waals surface area contributed by atoms with E-state index in [1.165, 1.54) is 11.3 Å². The number of nitrogen functional groups attached to an aromatic ring is 1. The van der Waals surface area contributed by atoms with Crippen molar-refractivity contribution in [3.63, 3.8) is 0 Å². The molecular weight excluding hydrogens is 303 g/mol. The number of halogens is 2. The van der Waals surface area contributed by atoms with Gasteiger partial charge in [0.2, 0.25) is 0 Å². The molecular formula is C13H12Cl2N2OS. The Hall–Kier alpha value is -1.23. The highest BCUT2D eigenvalue weighted by molar-refractivity contribution is 7.16. The fourth-order valence-electron chi connectivity index (χ4n) is 1.62. The molecule has 0 aliphatic heterocycles. The van der Waals surface area contributed by atoms with Gasteiger partial charge >= 0.3 is 0 Å². The smallest absolute Gasteiger partial charge is 0.253 e. The summed E-state index contributed by atoms with van der Waals surface area (Å²) in [7, 11) is 0. The summed E-state index contributed by atoms with van der Waals surface area (Å²) in [6.07, 6.45) is 0.740. The number of nitrogens with one attached hydrogen (secondary N) is 1. The van der Waals surface area contributed by atoms with E-state index in [-0.39, 0.29) is 5.91 Å². The Morgan fingerprint density at radius 2 is 2.05 bits per heavy atom. The van der Waals surface area contributed by atoms with Crippen LogP contribution in [0.3, 0.4) is 0 Å². The summed E-state index contributed by atoms with van der Waals surface area (Å²) in [6.45, 7) is 0.529. The highest BCUT2D eigenvalue weighted by Gasteiger charge is 2.11. The van der Waals surface area contributed by atoms with Gasteiger partial charge in [-0.25, -0.2) is 0 Å². The minimum Gasteiger partial charge on any atom is -0.397 e. The van der Waals surface area contributed by atoms with Crippen LogP contribution in [-0.2, 0) is 6.42 Å². The molecule has 0 saturated carbocycles. The molecule has 0 radical (unpaired) electrons. The van der Waals surface area contributed by atoms with Gasteiger partial charge in [-0.1, -0.05) is 29.3 Å². The van der Waals surface area contributed by atoms with E-state index in [1.807, 2.05) is 12.1 Å². The molecule has 3 nitrogen and oxygen atoms in total. The molecule has 3 N–H and O–H groups in total. The molecule has 0 aliphatic rings. The molecule has 1 heterocycles. The Labute approximate surface area is 125 Å². The number of anilines is 1. The van der Waals surface area contributed by atoms with Crippen molar-refractivity contribution < 1.29 is 4.79 Å². The van der Waals surface area contributed by atoms with Crippen LogP contribution in [-0.4, -0.2) is 12.5 Å². The van der Waals surface area contributed by atoms with E-state index in [9.17, 15) is 4.79 Å². The molecule has 0 saturated heterocycles. The summed E-state index contributed by atoms with van der Waals surface area (Å²) in [5.41, 5.74) is 6.47. The van der Waals surface area contributed by atoms with Gasteiger partial charge in [0.05, 0.1) is 20.6 Å². The lowest BCUT2D eigenvalue weighted by Gasteiger charge is -2.07. The van der Waals surface area contributed by atoms with Crippen LogP contribution in [0.2, 0.25) is 9.36 Å². The highest BCUT2D eigenvalue weighted by atomic mass is 35.5. The third-order valence-electron chi connectivity index (χ3n) is 2.58. The quantitative estimate of drug-likeness (QED) is 0.847. The average molecular weight is 315 g/mol. The molecule has 0 spiro atoms. The normalized spacial score (nSPS) is 10.4. The molecule has 0 aliphatic carbocycles. The van der Waals surface area contributed by atoms with Crippen LogP contribution in [0.1, 0.15) is 15.2 Å². The van der Waals surface area contributed by atoms with Gasteiger partial charge in [-0.05, 0) is 30.7 Å². The number of benzene rings is 1. The monoisotopic (exact) mass is 314 g/mol. The summed E-state index contributed by atoms with van der Waals surface area (Å²) in [6, 6.07) is 8.80. The van der Waals surface area contributed by atoms with E-state index < -0.39 is 0 Å². The fourth-order valence-corrected chi connectivity index (χ4v) is 2.88. The molecule has 1 aromatic carbocycles. The van der Waals surface area contributed by atoms with Crippen LogP contribution in [0.5, 0.6) is 0 Å². The second-order valence-electron chi connectivity index (χ2n) is 3.91. The van der Waals surface area contributed by atoms with Crippen molar-refractivity contribution in [2.24, 2.45) is 0 Å². The van der Waals surface area contributed by atoms with Crippen molar-refractivity contribution >= 4 is 46.1 Å². The van der Waals surface area contributed by atoms with Crippen LogP contribution in [0, 0.1) is 0 Å². The maximum Gasteiger partial charge on any atom is 0.253 e. The molecule has 1 amide bonds. The average Bonchev–Trinajstić information content (AvgIpc) is 2.78. The van der Waals surface area contributed by atoms with Gasteiger partial charge in [-0.2, -0.15) is 0 Å². The molecule has 100 valence electrons. The third kappa shape index (κ3) is 3.62. The lowest BCUT2D eigenvalue weighted by Crippen LogP contribution is -2.26. The molecule has 0 atom stereocenters. The van der Waals surface area contributed by atoms with E-state index >= 15 is 0 Å². The van der Waals surface area contributed by atoms with E-state index in [1.54, 1.807) is 18.2 Å². The Morgan fingerprint density at radius 3 is 2.74 bits per heavy atom. The maximum absolute atomic E-state index is 11.9. The highest BCUT2D eigenvalue weighted by Crippen LogP contribution is 2.23. The molecule has 2 rings (SSSR count). The van der Waals surface area contributed by atoms with Gasteiger partial charge in [0, 0.05) is 11.4 Å². The van der Waals surface area contributed by atoms with Crippen molar-refractivity contribution in [3.05, 3.63) is 50.1 Å². The lowest BCUT2D eigenvalue weighted by atomic mass is 10.1. The first-order valence-corrected chi connectivity index (χ1v) is 7.21. The van der Waals surface area contributed by atoms with Crippen molar-refractivity contribution in [1.82, 2.24) is 5.32 Å². The maximum atomic E-state index is 11.9. The molecule has 1 aromatic heterocycles.